The van der Waals surface area contributed by atoms with Crippen molar-refractivity contribution in [3.05, 3.63) is 301 Å². The summed E-state index contributed by atoms with van der Waals surface area (Å²) in [6, 6.07) is 99.9. The first-order chi connectivity index (χ1) is 34.1. The van der Waals surface area contributed by atoms with Crippen LogP contribution in [-0.2, 0) is 5.41 Å². The zero-order chi connectivity index (χ0) is 46.2. The largest absolute Gasteiger partial charge is 0.507 e. The van der Waals surface area contributed by atoms with Gasteiger partial charge in [-0.15, -0.1) is 0 Å². The predicted molar refractivity (Wildman–Crippen MR) is 287 cm³/mol. The van der Waals surface area contributed by atoms with E-state index in [4.69, 9.17) is 0 Å². The van der Waals surface area contributed by atoms with E-state index in [9.17, 15) is 5.11 Å². The lowest BCUT2D eigenvalue weighted by Gasteiger charge is -2.34. The molecule has 1 aliphatic rings. The van der Waals surface area contributed by atoms with Gasteiger partial charge >= 0.3 is 0 Å². The van der Waals surface area contributed by atoms with Crippen LogP contribution in [0, 0.1) is 0 Å². The third-order valence-electron chi connectivity index (χ3n) is 13.9. The molecule has 0 aliphatic heterocycles. The summed E-state index contributed by atoms with van der Waals surface area (Å²) in [5, 5.41) is 10.9. The summed E-state index contributed by atoms with van der Waals surface area (Å²) < 4.78 is 0. The van der Waals surface area contributed by atoms with Crippen LogP contribution in [0.3, 0.4) is 0 Å². The molecule has 0 radical (unpaired) electrons. The van der Waals surface area contributed by atoms with Gasteiger partial charge in [0.1, 0.15) is 5.75 Å². The van der Waals surface area contributed by atoms with E-state index in [1.54, 1.807) is 6.07 Å². The molecule has 0 atom stereocenters. The Morgan fingerprint density at radius 1 is 0.275 bits per heavy atom. The van der Waals surface area contributed by atoms with Crippen molar-refractivity contribution in [2.75, 3.05) is 4.90 Å². The van der Waals surface area contributed by atoms with E-state index in [0.29, 0.717) is 0 Å². The quantitative estimate of drug-likeness (QED) is 0.148. The zero-order valence-corrected chi connectivity index (χ0v) is 38.0. The summed E-state index contributed by atoms with van der Waals surface area (Å²) >= 11 is 0. The normalized spacial score (nSPS) is 12.2. The highest BCUT2D eigenvalue weighted by Gasteiger charge is 2.46. The Balaban J connectivity index is 1.02. The van der Waals surface area contributed by atoms with Crippen LogP contribution in [0.5, 0.6) is 5.75 Å². The Morgan fingerprint density at radius 2 is 0.710 bits per heavy atom. The maximum Gasteiger partial charge on any atom is 0.123 e. The molecule has 0 amide bonds. The number of phenols is 1. The van der Waals surface area contributed by atoms with Gasteiger partial charge in [-0.05, 0) is 120 Å². The second kappa shape index (κ2) is 17.7. The Morgan fingerprint density at radius 3 is 1.36 bits per heavy atom. The second-order valence-electron chi connectivity index (χ2n) is 17.7. The van der Waals surface area contributed by atoms with Crippen molar-refractivity contribution in [1.29, 1.82) is 0 Å². The topological polar surface area (TPSA) is 23.5 Å². The summed E-state index contributed by atoms with van der Waals surface area (Å²) in [7, 11) is 0. The van der Waals surface area contributed by atoms with Gasteiger partial charge < -0.3 is 10.0 Å². The number of nitrogens with zero attached hydrogens (tertiary/aromatic N) is 1. The minimum atomic E-state index is -0.498. The summed E-state index contributed by atoms with van der Waals surface area (Å²) in [6.45, 7) is 0. The summed E-state index contributed by atoms with van der Waals surface area (Å²) in [6.07, 6.45) is 0. The Labute approximate surface area is 404 Å². The van der Waals surface area contributed by atoms with E-state index in [2.05, 4.69) is 260 Å². The highest BCUT2D eigenvalue weighted by molar-refractivity contribution is 5.97. The van der Waals surface area contributed by atoms with E-state index in [1.807, 2.05) is 18.2 Å². The molecule has 12 rings (SSSR count). The summed E-state index contributed by atoms with van der Waals surface area (Å²) in [4.78, 5) is 2.39. The molecule has 0 spiro atoms. The second-order valence-corrected chi connectivity index (χ2v) is 17.7. The van der Waals surface area contributed by atoms with Gasteiger partial charge in [-0.1, -0.05) is 237 Å². The molecule has 11 aromatic rings. The number of fused-ring (bicyclic) bond motifs is 3. The molecular weight excluding hydrogens is 835 g/mol. The number of anilines is 3. The molecule has 1 N–H and O–H groups in total. The lowest BCUT2D eigenvalue weighted by atomic mass is 9.67. The van der Waals surface area contributed by atoms with Crippen LogP contribution in [0.2, 0.25) is 0 Å². The minimum Gasteiger partial charge on any atom is -0.507 e. The van der Waals surface area contributed by atoms with E-state index in [-0.39, 0.29) is 5.75 Å². The molecule has 0 fully saturated rings. The van der Waals surface area contributed by atoms with Crippen LogP contribution in [0.15, 0.2) is 279 Å². The number of hydrogen-bond acceptors (Lipinski definition) is 2. The zero-order valence-electron chi connectivity index (χ0n) is 38.0. The molecule has 0 saturated carbocycles. The first-order valence-corrected chi connectivity index (χ1v) is 23.6. The fourth-order valence-electron chi connectivity index (χ4n) is 10.7. The highest BCUT2D eigenvalue weighted by atomic mass is 16.3. The van der Waals surface area contributed by atoms with E-state index >= 15 is 0 Å². The molecule has 2 nitrogen and oxygen atoms in total. The third kappa shape index (κ3) is 7.31. The van der Waals surface area contributed by atoms with Crippen LogP contribution in [-0.4, -0.2) is 5.11 Å². The Bertz CT molecular complexity index is 3560. The molecule has 11 aromatic carbocycles. The van der Waals surface area contributed by atoms with Crippen molar-refractivity contribution < 1.29 is 5.11 Å². The van der Waals surface area contributed by atoms with Crippen molar-refractivity contribution in [3.8, 4) is 72.5 Å². The fourth-order valence-corrected chi connectivity index (χ4v) is 10.7. The number of phenolic OH excluding ortho intramolecular Hbond substituents is 1. The lowest BCUT2D eigenvalue weighted by molar-refractivity contribution is 0.477. The standard InChI is InChI=1S/C67H47NO/c69-65-36-15-12-30-59(65)52-22-16-21-51(45-52)58-29-11-14-35-64(58)68(56-43-41-50(42-44-56)49-39-37-48(38-40-49)47-19-4-1-5-20-47)57-28-17-23-53(46-57)60-32-18-34-63-66(60)61-31-10-13-33-62(61)67(63,54-24-6-2-7-25-54)55-26-8-3-9-27-55/h1-46,69H. The van der Waals surface area contributed by atoms with E-state index in [1.165, 1.54) is 50.1 Å². The molecular formula is C67H47NO. The SMILES string of the molecule is Oc1ccccc1-c1cccc(-c2ccccc2N(c2ccc(-c3ccc(-c4ccccc4)cc3)cc2)c2cccc(-c3cccc4c3-c3ccccc3C4(c3ccccc3)c3ccccc3)c2)c1. The van der Waals surface area contributed by atoms with Crippen LogP contribution in [0.4, 0.5) is 17.1 Å². The van der Waals surface area contributed by atoms with Crippen molar-refractivity contribution in [1.82, 2.24) is 0 Å². The molecule has 0 saturated heterocycles. The molecule has 0 unspecified atom stereocenters. The molecule has 1 aliphatic carbocycles. The van der Waals surface area contributed by atoms with E-state index < -0.39 is 5.41 Å². The number of rotatable bonds is 10. The third-order valence-corrected chi connectivity index (χ3v) is 13.9. The monoisotopic (exact) mass is 881 g/mol. The van der Waals surface area contributed by atoms with Crippen molar-refractivity contribution >= 4 is 17.1 Å². The summed E-state index contributed by atoms with van der Waals surface area (Å²) in [5.74, 6) is 0.260. The first kappa shape index (κ1) is 41.5. The number of hydrogen-bond donors (Lipinski definition) is 1. The van der Waals surface area contributed by atoms with Gasteiger partial charge in [0.25, 0.3) is 0 Å². The van der Waals surface area contributed by atoms with Gasteiger partial charge in [-0.3, -0.25) is 0 Å². The maximum atomic E-state index is 10.9. The molecule has 2 heteroatoms. The van der Waals surface area contributed by atoms with Gasteiger partial charge in [0, 0.05) is 22.5 Å². The minimum absolute atomic E-state index is 0.260. The van der Waals surface area contributed by atoms with Gasteiger partial charge in [0.05, 0.1) is 11.1 Å². The van der Waals surface area contributed by atoms with Crippen LogP contribution >= 0.6 is 0 Å². The van der Waals surface area contributed by atoms with Gasteiger partial charge in [0.15, 0.2) is 0 Å². The highest BCUT2D eigenvalue weighted by Crippen LogP contribution is 2.58. The van der Waals surface area contributed by atoms with Gasteiger partial charge in [-0.25, -0.2) is 0 Å². The van der Waals surface area contributed by atoms with Crippen LogP contribution in [0.1, 0.15) is 22.3 Å². The Kier molecular flexibility index (Phi) is 10.6. The van der Waals surface area contributed by atoms with Crippen molar-refractivity contribution in [2.24, 2.45) is 0 Å². The fraction of sp³-hybridized carbons (Fsp3) is 0.0149. The smallest absolute Gasteiger partial charge is 0.123 e. The predicted octanol–water partition coefficient (Wildman–Crippen LogP) is 17.6. The van der Waals surface area contributed by atoms with Crippen molar-refractivity contribution in [3.63, 3.8) is 0 Å². The molecule has 0 aromatic heterocycles. The Hall–Kier alpha value is -8.98. The molecule has 0 heterocycles. The molecule has 326 valence electrons. The van der Waals surface area contributed by atoms with Crippen LogP contribution < -0.4 is 4.90 Å². The van der Waals surface area contributed by atoms with E-state index in [0.717, 1.165) is 56.0 Å². The average Bonchev–Trinajstić information content (AvgIpc) is 3.74. The molecule has 69 heavy (non-hydrogen) atoms. The van der Waals surface area contributed by atoms with Crippen molar-refractivity contribution in [2.45, 2.75) is 5.41 Å². The maximum absolute atomic E-state index is 10.9. The van der Waals surface area contributed by atoms with Gasteiger partial charge in [0.2, 0.25) is 0 Å². The number of para-hydroxylation sites is 2. The summed E-state index contributed by atoms with van der Waals surface area (Å²) in [5.41, 5.74) is 21.1. The average molecular weight is 882 g/mol. The van der Waals surface area contributed by atoms with Crippen LogP contribution in [0.25, 0.3) is 66.8 Å². The number of benzene rings is 11. The van der Waals surface area contributed by atoms with Gasteiger partial charge in [-0.2, -0.15) is 0 Å². The number of aromatic hydroxyl groups is 1. The lowest BCUT2D eigenvalue weighted by Crippen LogP contribution is -2.28. The molecule has 0 bridgehead atoms. The first-order valence-electron chi connectivity index (χ1n) is 23.6.